The van der Waals surface area contributed by atoms with Gasteiger partial charge in [0.25, 0.3) is 0 Å². The summed E-state index contributed by atoms with van der Waals surface area (Å²) in [6, 6.07) is 11.6. The molecule has 0 bridgehead atoms. The van der Waals surface area contributed by atoms with Crippen molar-refractivity contribution in [2.24, 2.45) is 0 Å². The number of carbonyl (C=O) groups is 1. The Balaban J connectivity index is 1.90. The Morgan fingerprint density at radius 1 is 1.17 bits per heavy atom. The largest absolute Gasteiger partial charge is 0.496 e. The molecule has 0 saturated carbocycles. The van der Waals surface area contributed by atoms with Crippen molar-refractivity contribution in [1.82, 2.24) is 13.9 Å². The van der Waals surface area contributed by atoms with Crippen LogP contribution in [0, 0.1) is 0 Å². The maximum atomic E-state index is 12.4. The zero-order chi connectivity index (χ0) is 21.2. The lowest BCUT2D eigenvalue weighted by molar-refractivity contribution is 0.0455. The molecule has 0 atom stereocenters. The highest BCUT2D eigenvalue weighted by Crippen LogP contribution is 2.23. The molecule has 0 radical (unpaired) electrons. The van der Waals surface area contributed by atoms with Gasteiger partial charge in [0.2, 0.25) is 10.0 Å². The fraction of sp³-hybridized carbons (Fsp3) is 0.300. The second kappa shape index (κ2) is 8.22. The number of carbonyl (C=O) groups excluding carboxylic acids is 1. The summed E-state index contributed by atoms with van der Waals surface area (Å²) in [6.45, 7) is 2.49. The van der Waals surface area contributed by atoms with Crippen LogP contribution in [0.2, 0.25) is 0 Å². The van der Waals surface area contributed by atoms with Crippen molar-refractivity contribution in [2.45, 2.75) is 25.0 Å². The molecule has 154 valence electrons. The second-order valence-corrected chi connectivity index (χ2v) is 8.64. The molecule has 0 unspecified atom stereocenters. The van der Waals surface area contributed by atoms with Gasteiger partial charge in [-0.25, -0.2) is 22.5 Å². The van der Waals surface area contributed by atoms with Crippen molar-refractivity contribution < 1.29 is 22.7 Å². The van der Waals surface area contributed by atoms with Crippen LogP contribution in [0.1, 0.15) is 23.1 Å². The van der Waals surface area contributed by atoms with E-state index in [9.17, 15) is 13.2 Å². The van der Waals surface area contributed by atoms with Gasteiger partial charge in [-0.15, -0.1) is 0 Å². The quantitative estimate of drug-likeness (QED) is 0.549. The monoisotopic (exact) mass is 417 g/mol. The Bertz CT molecular complexity index is 1150. The van der Waals surface area contributed by atoms with E-state index < -0.39 is 16.0 Å². The molecule has 1 aromatic heterocycles. The number of hydrogen-bond donors (Lipinski definition) is 0. The Hall–Kier alpha value is -2.91. The van der Waals surface area contributed by atoms with Crippen LogP contribution in [0.4, 0.5) is 0 Å². The molecule has 0 N–H and O–H groups in total. The molecule has 0 aliphatic carbocycles. The molecule has 0 fully saturated rings. The first kappa shape index (κ1) is 20.8. The predicted molar refractivity (Wildman–Crippen MR) is 108 cm³/mol. The van der Waals surface area contributed by atoms with Gasteiger partial charge in [-0.3, -0.25) is 0 Å². The normalized spacial score (nSPS) is 11.8. The van der Waals surface area contributed by atoms with E-state index in [0.717, 1.165) is 9.82 Å². The van der Waals surface area contributed by atoms with E-state index in [1.54, 1.807) is 36.4 Å². The van der Waals surface area contributed by atoms with Crippen molar-refractivity contribution in [3.8, 4) is 5.75 Å². The average molecular weight is 417 g/mol. The molecule has 1 heterocycles. The Kier molecular flexibility index (Phi) is 5.90. The number of hydrogen-bond acceptors (Lipinski definition) is 6. The van der Waals surface area contributed by atoms with Gasteiger partial charge in [0.05, 0.1) is 23.0 Å². The van der Waals surface area contributed by atoms with Gasteiger partial charge >= 0.3 is 5.97 Å². The number of esters is 1. The molecule has 0 aliphatic heterocycles. The highest BCUT2D eigenvalue weighted by Gasteiger charge is 2.20. The van der Waals surface area contributed by atoms with Gasteiger partial charge in [0.15, 0.2) is 0 Å². The molecule has 3 aromatic rings. The van der Waals surface area contributed by atoms with E-state index in [2.05, 4.69) is 4.98 Å². The zero-order valence-corrected chi connectivity index (χ0v) is 17.6. The van der Waals surface area contributed by atoms with Crippen LogP contribution in [-0.2, 0) is 27.9 Å². The summed E-state index contributed by atoms with van der Waals surface area (Å²) < 4.78 is 38.4. The molecule has 8 nitrogen and oxygen atoms in total. The summed E-state index contributed by atoms with van der Waals surface area (Å²) >= 11 is 0. The second-order valence-electron chi connectivity index (χ2n) is 6.49. The number of benzene rings is 2. The molecule has 3 rings (SSSR count). The lowest BCUT2D eigenvalue weighted by Gasteiger charge is -2.11. The van der Waals surface area contributed by atoms with Crippen LogP contribution in [0.3, 0.4) is 0 Å². The molecule has 9 heteroatoms. The maximum Gasteiger partial charge on any atom is 0.342 e. The van der Waals surface area contributed by atoms with Gasteiger partial charge in [0.1, 0.15) is 23.7 Å². The van der Waals surface area contributed by atoms with Crippen molar-refractivity contribution in [2.75, 3.05) is 21.2 Å². The minimum Gasteiger partial charge on any atom is -0.496 e. The van der Waals surface area contributed by atoms with Crippen LogP contribution >= 0.6 is 0 Å². The summed E-state index contributed by atoms with van der Waals surface area (Å²) in [4.78, 5) is 17.1. The van der Waals surface area contributed by atoms with Crippen molar-refractivity contribution in [3.63, 3.8) is 0 Å². The van der Waals surface area contributed by atoms with Crippen LogP contribution in [0.15, 0.2) is 47.4 Å². The van der Waals surface area contributed by atoms with Gasteiger partial charge in [-0.05, 0) is 37.3 Å². The smallest absolute Gasteiger partial charge is 0.342 e. The summed E-state index contributed by atoms with van der Waals surface area (Å²) in [5.41, 5.74) is 1.63. The average Bonchev–Trinajstić information content (AvgIpc) is 3.08. The lowest BCUT2D eigenvalue weighted by Crippen LogP contribution is -2.22. The summed E-state index contributed by atoms with van der Waals surface area (Å²) in [5.74, 6) is 0.443. The third-order valence-corrected chi connectivity index (χ3v) is 6.36. The molecular weight excluding hydrogens is 394 g/mol. The van der Waals surface area contributed by atoms with Gasteiger partial charge < -0.3 is 14.0 Å². The zero-order valence-electron chi connectivity index (χ0n) is 16.7. The minimum absolute atomic E-state index is 0.0465. The number of imidazole rings is 1. The third kappa shape index (κ3) is 3.96. The molecule has 0 aliphatic rings. The molecule has 0 spiro atoms. The Morgan fingerprint density at radius 2 is 1.90 bits per heavy atom. The van der Waals surface area contributed by atoms with Crippen LogP contribution in [0.5, 0.6) is 5.75 Å². The number of para-hydroxylation sites is 1. The third-order valence-electron chi connectivity index (χ3n) is 4.55. The number of methoxy groups -OCH3 is 1. The molecular formula is C20H23N3O5S. The number of fused-ring (bicyclic) bond motifs is 1. The number of ether oxygens (including phenoxy) is 2. The van der Waals surface area contributed by atoms with E-state index in [0.29, 0.717) is 29.2 Å². The van der Waals surface area contributed by atoms with E-state index in [1.807, 2.05) is 11.5 Å². The Labute approximate surface area is 169 Å². The van der Waals surface area contributed by atoms with Crippen LogP contribution in [-0.4, -0.2) is 49.4 Å². The van der Waals surface area contributed by atoms with Crippen molar-refractivity contribution in [3.05, 3.63) is 53.9 Å². The highest BCUT2D eigenvalue weighted by atomic mass is 32.2. The predicted octanol–water partition coefficient (Wildman–Crippen LogP) is 2.67. The summed E-state index contributed by atoms with van der Waals surface area (Å²) in [6.07, 6.45) is 0. The number of rotatable bonds is 7. The minimum atomic E-state index is -3.56. The van der Waals surface area contributed by atoms with Gasteiger partial charge in [-0.1, -0.05) is 12.1 Å². The first-order valence-corrected chi connectivity index (χ1v) is 10.5. The SMILES string of the molecule is CCn1c(COC(=O)c2ccccc2OC)nc2cc(S(=O)(=O)N(C)C)ccc21. The number of nitrogens with zero attached hydrogens (tertiary/aromatic N) is 3. The van der Waals surface area contributed by atoms with E-state index in [-0.39, 0.29) is 11.5 Å². The van der Waals surface area contributed by atoms with E-state index in [1.165, 1.54) is 27.3 Å². The first-order chi connectivity index (χ1) is 13.8. The molecule has 2 aromatic carbocycles. The molecule has 0 amide bonds. The highest BCUT2D eigenvalue weighted by molar-refractivity contribution is 7.89. The van der Waals surface area contributed by atoms with Crippen molar-refractivity contribution in [1.29, 1.82) is 0 Å². The molecule has 0 saturated heterocycles. The number of aryl methyl sites for hydroxylation is 1. The number of sulfonamides is 1. The van der Waals surface area contributed by atoms with Gasteiger partial charge in [0, 0.05) is 20.6 Å². The summed E-state index contributed by atoms with van der Waals surface area (Å²) in [7, 11) is 0.883. The van der Waals surface area contributed by atoms with E-state index in [4.69, 9.17) is 9.47 Å². The fourth-order valence-electron chi connectivity index (χ4n) is 3.01. The van der Waals surface area contributed by atoms with Gasteiger partial charge in [-0.2, -0.15) is 0 Å². The van der Waals surface area contributed by atoms with Crippen molar-refractivity contribution >= 4 is 27.0 Å². The standard InChI is InChI=1S/C20H23N3O5S/c1-5-23-17-11-10-14(29(25,26)22(2)3)12-16(17)21-19(23)13-28-20(24)15-8-6-7-9-18(15)27-4/h6-12H,5,13H2,1-4H3. The number of aromatic nitrogens is 2. The van der Waals surface area contributed by atoms with E-state index >= 15 is 0 Å². The fourth-order valence-corrected chi connectivity index (χ4v) is 3.94. The lowest BCUT2D eigenvalue weighted by atomic mass is 10.2. The maximum absolute atomic E-state index is 12.4. The first-order valence-electron chi connectivity index (χ1n) is 9.01. The van der Waals surface area contributed by atoms with Crippen LogP contribution < -0.4 is 4.74 Å². The Morgan fingerprint density at radius 3 is 2.55 bits per heavy atom. The summed E-state index contributed by atoms with van der Waals surface area (Å²) in [5, 5.41) is 0. The van der Waals surface area contributed by atoms with Crippen LogP contribution in [0.25, 0.3) is 11.0 Å². The molecule has 29 heavy (non-hydrogen) atoms. The topological polar surface area (TPSA) is 90.7 Å².